The van der Waals surface area contributed by atoms with E-state index in [9.17, 15) is 13.2 Å². The lowest BCUT2D eigenvalue weighted by Gasteiger charge is -2.22. The average Bonchev–Trinajstić information content (AvgIpc) is 2.61. The first-order chi connectivity index (χ1) is 11.5. The molecule has 0 saturated carbocycles. The van der Waals surface area contributed by atoms with Crippen molar-refractivity contribution in [2.45, 2.75) is 17.5 Å². The number of rotatable bonds is 8. The Morgan fingerprint density at radius 2 is 2.12 bits per heavy atom. The van der Waals surface area contributed by atoms with E-state index in [0.717, 1.165) is 12.1 Å². The summed E-state index contributed by atoms with van der Waals surface area (Å²) in [5.41, 5.74) is 0.808. The van der Waals surface area contributed by atoms with Gasteiger partial charge in [-0.05, 0) is 17.7 Å². The minimum atomic E-state index is -3.54. The van der Waals surface area contributed by atoms with Gasteiger partial charge in [0.15, 0.2) is 0 Å². The normalized spacial score (nSPS) is 18.3. The highest BCUT2D eigenvalue weighted by atomic mass is 32.2. The average molecular weight is 357 g/mol. The molecule has 1 aromatic rings. The van der Waals surface area contributed by atoms with Crippen LogP contribution in [0, 0.1) is 0 Å². The number of morpholine rings is 1. The fourth-order valence-electron chi connectivity index (χ4n) is 2.18. The van der Waals surface area contributed by atoms with Crippen LogP contribution in [-0.2, 0) is 30.8 Å². The topological polar surface area (TPSA) is 106 Å². The van der Waals surface area contributed by atoms with E-state index < -0.39 is 16.1 Å². The maximum atomic E-state index is 12.0. The van der Waals surface area contributed by atoms with Crippen LogP contribution in [0.4, 0.5) is 0 Å². The summed E-state index contributed by atoms with van der Waals surface area (Å²) in [7, 11) is -2.04. The second-order valence-electron chi connectivity index (χ2n) is 5.32. The summed E-state index contributed by atoms with van der Waals surface area (Å²) in [4.78, 5) is 12.1. The number of nitrogens with one attached hydrogen (secondary N) is 3. The molecule has 1 unspecified atom stereocenters. The second kappa shape index (κ2) is 9.09. The van der Waals surface area contributed by atoms with Crippen LogP contribution in [0.3, 0.4) is 0 Å². The highest BCUT2D eigenvalue weighted by Gasteiger charge is 2.21. The quantitative estimate of drug-likeness (QED) is 0.527. The van der Waals surface area contributed by atoms with Crippen LogP contribution >= 0.6 is 0 Å². The highest BCUT2D eigenvalue weighted by Crippen LogP contribution is 2.10. The molecule has 1 aromatic carbocycles. The molecule has 0 aromatic heterocycles. The Morgan fingerprint density at radius 3 is 2.75 bits per heavy atom. The molecule has 2 rings (SSSR count). The van der Waals surface area contributed by atoms with Crippen molar-refractivity contribution < 1.29 is 22.7 Å². The minimum Gasteiger partial charge on any atom is -0.383 e. The van der Waals surface area contributed by atoms with Crippen LogP contribution in [0.2, 0.25) is 0 Å². The monoisotopic (exact) mass is 357 g/mol. The predicted molar refractivity (Wildman–Crippen MR) is 88.0 cm³/mol. The van der Waals surface area contributed by atoms with E-state index in [1.54, 1.807) is 12.1 Å². The molecule has 0 bridgehead atoms. The zero-order valence-electron chi connectivity index (χ0n) is 13.6. The molecule has 1 heterocycles. The molecule has 1 aliphatic heterocycles. The van der Waals surface area contributed by atoms with Gasteiger partial charge in [-0.15, -0.1) is 0 Å². The van der Waals surface area contributed by atoms with Crippen molar-refractivity contribution in [3.8, 4) is 0 Å². The molecule has 1 fully saturated rings. The van der Waals surface area contributed by atoms with Gasteiger partial charge in [-0.25, -0.2) is 13.1 Å². The van der Waals surface area contributed by atoms with Crippen LogP contribution in [0.5, 0.6) is 0 Å². The van der Waals surface area contributed by atoms with Gasteiger partial charge < -0.3 is 20.1 Å². The Balaban J connectivity index is 1.86. The molecule has 8 nitrogen and oxygen atoms in total. The second-order valence-corrected chi connectivity index (χ2v) is 7.08. The van der Waals surface area contributed by atoms with E-state index in [1.807, 2.05) is 0 Å². The third-order valence-electron chi connectivity index (χ3n) is 3.52. The Bertz CT molecular complexity index is 627. The van der Waals surface area contributed by atoms with Gasteiger partial charge in [-0.2, -0.15) is 0 Å². The van der Waals surface area contributed by atoms with Gasteiger partial charge in [0.25, 0.3) is 5.91 Å². The van der Waals surface area contributed by atoms with E-state index in [1.165, 1.54) is 19.2 Å². The van der Waals surface area contributed by atoms with Crippen LogP contribution < -0.4 is 15.4 Å². The summed E-state index contributed by atoms with van der Waals surface area (Å²) >= 11 is 0. The standard InChI is InChI=1S/C15H23N3O5S/c1-22-8-7-18-24(20,21)13-4-2-12(3-5-13)10-17-15(19)14-11-16-6-9-23-14/h2-5,14,16,18H,6-11H2,1H3,(H,17,19). The van der Waals surface area contributed by atoms with E-state index >= 15 is 0 Å². The fraction of sp³-hybridized carbons (Fsp3) is 0.533. The third-order valence-corrected chi connectivity index (χ3v) is 5.00. The number of methoxy groups -OCH3 is 1. The zero-order chi connectivity index (χ0) is 17.4. The van der Waals surface area contributed by atoms with Crippen molar-refractivity contribution >= 4 is 15.9 Å². The summed E-state index contributed by atoms with van der Waals surface area (Å²) in [6.07, 6.45) is -0.483. The molecule has 24 heavy (non-hydrogen) atoms. The molecule has 1 atom stereocenters. The molecule has 9 heteroatoms. The lowest BCUT2D eigenvalue weighted by Crippen LogP contribution is -2.47. The number of amides is 1. The molecule has 3 N–H and O–H groups in total. The van der Waals surface area contributed by atoms with Crippen molar-refractivity contribution in [3.63, 3.8) is 0 Å². The van der Waals surface area contributed by atoms with E-state index in [4.69, 9.17) is 9.47 Å². The first-order valence-corrected chi connectivity index (χ1v) is 9.19. The van der Waals surface area contributed by atoms with Gasteiger partial charge in [0.05, 0.1) is 18.1 Å². The summed E-state index contributed by atoms with van der Waals surface area (Å²) in [5.74, 6) is -0.180. The van der Waals surface area contributed by atoms with Gasteiger partial charge >= 0.3 is 0 Å². The minimum absolute atomic E-state index is 0.175. The number of hydrogen-bond donors (Lipinski definition) is 3. The van der Waals surface area contributed by atoms with Crippen LogP contribution in [0.25, 0.3) is 0 Å². The number of ether oxygens (including phenoxy) is 2. The van der Waals surface area contributed by atoms with Crippen molar-refractivity contribution in [2.24, 2.45) is 0 Å². The Kier molecular flexibility index (Phi) is 7.13. The van der Waals surface area contributed by atoms with Crippen molar-refractivity contribution in [3.05, 3.63) is 29.8 Å². The van der Waals surface area contributed by atoms with Crippen molar-refractivity contribution in [1.82, 2.24) is 15.4 Å². The summed E-state index contributed by atoms with van der Waals surface area (Å²) in [6.45, 7) is 2.60. The first kappa shape index (κ1) is 18.8. The SMILES string of the molecule is COCCNS(=O)(=O)c1ccc(CNC(=O)C2CNCCO2)cc1. The molecule has 134 valence electrons. The zero-order valence-corrected chi connectivity index (χ0v) is 14.4. The van der Waals surface area contributed by atoms with Gasteiger partial charge in [-0.3, -0.25) is 4.79 Å². The molecule has 0 spiro atoms. The maximum Gasteiger partial charge on any atom is 0.250 e. The van der Waals surface area contributed by atoms with E-state index in [-0.39, 0.29) is 17.3 Å². The Morgan fingerprint density at radius 1 is 1.38 bits per heavy atom. The van der Waals surface area contributed by atoms with Gasteiger partial charge in [0, 0.05) is 33.3 Å². The van der Waals surface area contributed by atoms with Crippen LogP contribution in [0.15, 0.2) is 29.2 Å². The fourth-order valence-corrected chi connectivity index (χ4v) is 3.20. The lowest BCUT2D eigenvalue weighted by molar-refractivity contribution is -0.134. The number of carbonyl (C=O) groups is 1. The highest BCUT2D eigenvalue weighted by molar-refractivity contribution is 7.89. The van der Waals surface area contributed by atoms with Crippen molar-refractivity contribution in [1.29, 1.82) is 0 Å². The predicted octanol–water partition coefficient (Wildman–Crippen LogP) is -0.784. The molecule has 0 aliphatic carbocycles. The number of carbonyl (C=O) groups excluding carboxylic acids is 1. The lowest BCUT2D eigenvalue weighted by atomic mass is 10.2. The maximum absolute atomic E-state index is 12.0. The first-order valence-electron chi connectivity index (χ1n) is 7.70. The molecule has 1 saturated heterocycles. The molecular weight excluding hydrogens is 334 g/mol. The Hall–Kier alpha value is -1.52. The van der Waals surface area contributed by atoms with Gasteiger partial charge in [-0.1, -0.05) is 12.1 Å². The van der Waals surface area contributed by atoms with E-state index in [0.29, 0.717) is 26.3 Å². The molecule has 1 amide bonds. The molecular formula is C15H23N3O5S. The van der Waals surface area contributed by atoms with Crippen molar-refractivity contribution in [2.75, 3.05) is 40.0 Å². The van der Waals surface area contributed by atoms with Gasteiger partial charge in [0.2, 0.25) is 10.0 Å². The molecule has 1 aliphatic rings. The largest absolute Gasteiger partial charge is 0.383 e. The van der Waals surface area contributed by atoms with Crippen LogP contribution in [0.1, 0.15) is 5.56 Å². The summed E-state index contributed by atoms with van der Waals surface area (Å²) < 4.78 is 36.7. The summed E-state index contributed by atoms with van der Waals surface area (Å²) in [5, 5.41) is 5.87. The summed E-state index contributed by atoms with van der Waals surface area (Å²) in [6, 6.07) is 6.36. The number of sulfonamides is 1. The number of benzene rings is 1. The number of hydrogen-bond acceptors (Lipinski definition) is 6. The third kappa shape index (κ3) is 5.53. The smallest absolute Gasteiger partial charge is 0.250 e. The molecule has 0 radical (unpaired) electrons. The Labute approximate surface area is 142 Å². The van der Waals surface area contributed by atoms with Gasteiger partial charge in [0.1, 0.15) is 6.10 Å². The van der Waals surface area contributed by atoms with Crippen LogP contribution in [-0.4, -0.2) is 60.4 Å². The van der Waals surface area contributed by atoms with E-state index in [2.05, 4.69) is 15.4 Å².